The van der Waals surface area contributed by atoms with E-state index in [1.54, 1.807) is 6.20 Å². The van der Waals surface area contributed by atoms with Crippen LogP contribution in [0.3, 0.4) is 0 Å². The number of hydrogen-bond donors (Lipinski definition) is 1. The predicted molar refractivity (Wildman–Crippen MR) is 70.3 cm³/mol. The summed E-state index contributed by atoms with van der Waals surface area (Å²) in [5.74, 6) is 0.781. The van der Waals surface area contributed by atoms with Crippen molar-refractivity contribution in [1.29, 1.82) is 0 Å². The van der Waals surface area contributed by atoms with Gasteiger partial charge in [0.2, 0.25) is 5.78 Å². The zero-order valence-corrected chi connectivity index (χ0v) is 10.9. The number of nitrogens with one attached hydrogen (secondary N) is 1. The Bertz CT molecular complexity index is 502. The van der Waals surface area contributed by atoms with Crippen LogP contribution in [0.5, 0.6) is 0 Å². The van der Waals surface area contributed by atoms with Crippen molar-refractivity contribution in [2.75, 3.05) is 13.1 Å². The summed E-state index contributed by atoms with van der Waals surface area (Å²) >= 11 is 0. The molecule has 96 valence electrons. The van der Waals surface area contributed by atoms with E-state index in [1.807, 2.05) is 16.7 Å². The normalized spacial score (nSPS) is 25.7. The lowest BCUT2D eigenvalue weighted by Gasteiger charge is -2.37. The van der Waals surface area contributed by atoms with Crippen molar-refractivity contribution in [1.82, 2.24) is 24.6 Å². The second-order valence-electron chi connectivity index (χ2n) is 5.15. The molecule has 3 heterocycles. The Balaban J connectivity index is 1.78. The number of fused-ring (bicyclic) bond motifs is 1. The Kier molecular flexibility index (Phi) is 3.01. The number of rotatable bonds is 2. The van der Waals surface area contributed by atoms with Crippen molar-refractivity contribution in [3.63, 3.8) is 0 Å². The fraction of sp³-hybridized carbons (Fsp3) is 0.538. The Hall–Kier alpha value is -1.46. The van der Waals surface area contributed by atoms with E-state index in [1.165, 1.54) is 0 Å². The summed E-state index contributed by atoms with van der Waals surface area (Å²) < 4.78 is 1.98. The Labute approximate surface area is 107 Å². The fourth-order valence-electron chi connectivity index (χ4n) is 2.48. The van der Waals surface area contributed by atoms with Gasteiger partial charge in [-0.05, 0) is 19.9 Å². The lowest BCUT2D eigenvalue weighted by molar-refractivity contribution is 0.137. The molecule has 0 bridgehead atoms. The van der Waals surface area contributed by atoms with Gasteiger partial charge in [0.25, 0.3) is 0 Å². The molecule has 1 aliphatic heterocycles. The maximum absolute atomic E-state index is 4.56. The number of piperazine rings is 1. The second-order valence-corrected chi connectivity index (χ2v) is 5.15. The number of hydrogen-bond acceptors (Lipinski definition) is 4. The maximum Gasteiger partial charge on any atom is 0.233 e. The SMILES string of the molecule is CC1CN(Cc2cn3cccnc3n2)C(C)CN1. The average Bonchev–Trinajstić information content (AvgIpc) is 2.76. The molecule has 1 fully saturated rings. The molecule has 2 atom stereocenters. The topological polar surface area (TPSA) is 45.5 Å². The van der Waals surface area contributed by atoms with Crippen LogP contribution in [-0.4, -0.2) is 44.4 Å². The summed E-state index contributed by atoms with van der Waals surface area (Å²) in [4.78, 5) is 11.3. The van der Waals surface area contributed by atoms with Gasteiger partial charge in [0.1, 0.15) is 0 Å². The largest absolute Gasteiger partial charge is 0.311 e. The fourth-order valence-corrected chi connectivity index (χ4v) is 2.48. The standard InChI is InChI=1S/C13H19N5/c1-10-7-18(11(2)6-15-10)9-12-8-17-5-3-4-14-13(17)16-12/h3-5,8,10-11,15H,6-7,9H2,1-2H3. The molecule has 18 heavy (non-hydrogen) atoms. The summed E-state index contributed by atoms with van der Waals surface area (Å²) in [6, 6.07) is 3.03. The lowest BCUT2D eigenvalue weighted by atomic mass is 10.1. The van der Waals surface area contributed by atoms with Crippen molar-refractivity contribution in [2.45, 2.75) is 32.5 Å². The third-order valence-corrected chi connectivity index (χ3v) is 3.54. The summed E-state index contributed by atoms with van der Waals surface area (Å²) in [6.45, 7) is 7.50. The molecule has 1 aliphatic rings. The van der Waals surface area contributed by atoms with Crippen molar-refractivity contribution in [2.24, 2.45) is 0 Å². The van der Waals surface area contributed by atoms with Gasteiger partial charge in [-0.25, -0.2) is 9.97 Å². The molecule has 1 saturated heterocycles. The molecule has 0 radical (unpaired) electrons. The van der Waals surface area contributed by atoms with Gasteiger partial charge < -0.3 is 5.32 Å². The molecule has 0 saturated carbocycles. The second kappa shape index (κ2) is 4.66. The highest BCUT2D eigenvalue weighted by atomic mass is 15.2. The van der Waals surface area contributed by atoms with Gasteiger partial charge in [0, 0.05) is 50.3 Å². The van der Waals surface area contributed by atoms with Gasteiger partial charge in [-0.1, -0.05) is 0 Å². The third-order valence-electron chi connectivity index (χ3n) is 3.54. The zero-order valence-electron chi connectivity index (χ0n) is 10.9. The first-order valence-corrected chi connectivity index (χ1v) is 6.48. The number of nitrogens with zero attached hydrogens (tertiary/aromatic N) is 4. The molecule has 1 N–H and O–H groups in total. The van der Waals surface area contributed by atoms with Gasteiger partial charge in [-0.15, -0.1) is 0 Å². The van der Waals surface area contributed by atoms with Crippen molar-refractivity contribution in [3.05, 3.63) is 30.4 Å². The molecule has 5 heteroatoms. The monoisotopic (exact) mass is 245 g/mol. The summed E-state index contributed by atoms with van der Waals surface area (Å²) in [7, 11) is 0. The van der Waals surface area contributed by atoms with Crippen LogP contribution < -0.4 is 5.32 Å². The highest BCUT2D eigenvalue weighted by molar-refractivity contribution is 5.29. The first-order chi connectivity index (χ1) is 8.72. The van der Waals surface area contributed by atoms with E-state index < -0.39 is 0 Å². The number of imidazole rings is 1. The van der Waals surface area contributed by atoms with Crippen LogP contribution in [0.2, 0.25) is 0 Å². The quantitative estimate of drug-likeness (QED) is 0.854. The van der Waals surface area contributed by atoms with Crippen LogP contribution in [0.15, 0.2) is 24.7 Å². The lowest BCUT2D eigenvalue weighted by Crippen LogP contribution is -2.53. The van der Waals surface area contributed by atoms with Gasteiger partial charge >= 0.3 is 0 Å². The Morgan fingerprint density at radius 3 is 3.17 bits per heavy atom. The molecule has 0 spiro atoms. The van der Waals surface area contributed by atoms with Crippen LogP contribution in [0, 0.1) is 0 Å². The van der Waals surface area contributed by atoms with Gasteiger partial charge in [0.05, 0.1) is 5.69 Å². The zero-order chi connectivity index (χ0) is 12.5. The highest BCUT2D eigenvalue weighted by Crippen LogP contribution is 2.12. The Morgan fingerprint density at radius 2 is 2.33 bits per heavy atom. The molecular formula is C13H19N5. The van der Waals surface area contributed by atoms with E-state index in [0.717, 1.165) is 31.1 Å². The third kappa shape index (κ3) is 2.23. The highest BCUT2D eigenvalue weighted by Gasteiger charge is 2.22. The van der Waals surface area contributed by atoms with Crippen LogP contribution in [0.25, 0.3) is 5.78 Å². The van der Waals surface area contributed by atoms with Crippen LogP contribution in [0.1, 0.15) is 19.5 Å². The predicted octanol–water partition coefficient (Wildman–Crippen LogP) is 0.911. The van der Waals surface area contributed by atoms with Gasteiger partial charge in [-0.2, -0.15) is 0 Å². The van der Waals surface area contributed by atoms with Gasteiger partial charge in [0.15, 0.2) is 0 Å². The summed E-state index contributed by atoms with van der Waals surface area (Å²) in [5, 5.41) is 3.49. The van der Waals surface area contributed by atoms with Crippen LogP contribution in [-0.2, 0) is 6.54 Å². The Morgan fingerprint density at radius 1 is 1.44 bits per heavy atom. The average molecular weight is 245 g/mol. The molecule has 0 aromatic carbocycles. The minimum Gasteiger partial charge on any atom is -0.311 e. The number of aromatic nitrogens is 3. The molecule has 5 nitrogen and oxygen atoms in total. The van der Waals surface area contributed by atoms with E-state index in [0.29, 0.717) is 12.1 Å². The first kappa shape index (κ1) is 11.6. The molecule has 0 aliphatic carbocycles. The molecular weight excluding hydrogens is 226 g/mol. The van der Waals surface area contributed by atoms with Crippen molar-refractivity contribution in [3.8, 4) is 0 Å². The first-order valence-electron chi connectivity index (χ1n) is 6.48. The van der Waals surface area contributed by atoms with Gasteiger partial charge in [-0.3, -0.25) is 9.30 Å². The smallest absolute Gasteiger partial charge is 0.233 e. The van der Waals surface area contributed by atoms with E-state index in [-0.39, 0.29) is 0 Å². The van der Waals surface area contributed by atoms with Crippen LogP contribution >= 0.6 is 0 Å². The van der Waals surface area contributed by atoms with E-state index in [2.05, 4.69) is 40.2 Å². The van der Waals surface area contributed by atoms with E-state index in [9.17, 15) is 0 Å². The van der Waals surface area contributed by atoms with Crippen molar-refractivity contribution >= 4 is 5.78 Å². The molecule has 0 amide bonds. The molecule has 2 aromatic rings. The van der Waals surface area contributed by atoms with E-state index >= 15 is 0 Å². The minimum absolute atomic E-state index is 0.552. The molecule has 2 unspecified atom stereocenters. The molecule has 2 aromatic heterocycles. The summed E-state index contributed by atoms with van der Waals surface area (Å²) in [5.41, 5.74) is 1.09. The van der Waals surface area contributed by atoms with Crippen LogP contribution in [0.4, 0.5) is 0 Å². The van der Waals surface area contributed by atoms with E-state index in [4.69, 9.17) is 0 Å². The maximum atomic E-state index is 4.56. The van der Waals surface area contributed by atoms with Crippen molar-refractivity contribution < 1.29 is 0 Å². The summed E-state index contributed by atoms with van der Waals surface area (Å²) in [6.07, 6.45) is 5.84. The molecule has 3 rings (SSSR count). The minimum atomic E-state index is 0.552.